The van der Waals surface area contributed by atoms with Crippen molar-refractivity contribution in [3.05, 3.63) is 11.5 Å². The van der Waals surface area contributed by atoms with E-state index in [1.165, 1.54) is 5.47 Å². The number of hydrogen-bond donors (Lipinski definition) is 0. The Balaban J connectivity index is 2.11. The van der Waals surface area contributed by atoms with Gasteiger partial charge in [-0.05, 0) is 46.6 Å². The van der Waals surface area contributed by atoms with Gasteiger partial charge in [-0.2, -0.15) is 0 Å². The van der Waals surface area contributed by atoms with Crippen LogP contribution in [0.1, 0.15) is 34.1 Å². The molecular weight excluding hydrogens is 201 g/mol. The normalized spacial score (nSPS) is 29.3. The van der Waals surface area contributed by atoms with Gasteiger partial charge in [0, 0.05) is 13.1 Å². The molecule has 0 atom stereocenters. The van der Waals surface area contributed by atoms with Gasteiger partial charge in [-0.25, -0.2) is 0 Å². The third kappa shape index (κ3) is 2.06. The van der Waals surface area contributed by atoms with E-state index in [4.69, 9.17) is 9.31 Å². The Morgan fingerprint density at radius 3 is 2.25 bits per heavy atom. The van der Waals surface area contributed by atoms with Gasteiger partial charge in [0.2, 0.25) is 0 Å². The van der Waals surface area contributed by atoms with Gasteiger partial charge in [0.15, 0.2) is 0 Å². The smallest absolute Gasteiger partial charge is 0.400 e. The molecule has 1 saturated heterocycles. The molecule has 0 N–H and O–H groups in total. The number of nitrogens with zero attached hydrogens (tertiary/aromatic N) is 1. The highest BCUT2D eigenvalue weighted by Crippen LogP contribution is 2.38. The van der Waals surface area contributed by atoms with Crippen LogP contribution in [0, 0.1) is 0 Å². The van der Waals surface area contributed by atoms with Crippen LogP contribution in [0.3, 0.4) is 0 Å². The predicted octanol–water partition coefficient (Wildman–Crippen LogP) is 1.88. The highest BCUT2D eigenvalue weighted by molar-refractivity contribution is 6.54. The summed E-state index contributed by atoms with van der Waals surface area (Å²) in [5.74, 6) is 0. The van der Waals surface area contributed by atoms with Gasteiger partial charge < -0.3 is 14.2 Å². The van der Waals surface area contributed by atoms with E-state index in [0.717, 1.165) is 19.5 Å². The van der Waals surface area contributed by atoms with E-state index in [1.54, 1.807) is 0 Å². The molecule has 0 saturated carbocycles. The molecule has 90 valence electrons. The molecule has 0 bridgehead atoms. The maximum atomic E-state index is 6.03. The second-order valence-electron chi connectivity index (χ2n) is 5.89. The molecule has 2 aliphatic heterocycles. The summed E-state index contributed by atoms with van der Waals surface area (Å²) in [6, 6.07) is 0. The molecule has 4 heteroatoms. The van der Waals surface area contributed by atoms with E-state index < -0.39 is 0 Å². The summed E-state index contributed by atoms with van der Waals surface area (Å²) < 4.78 is 12.1. The van der Waals surface area contributed by atoms with Crippen molar-refractivity contribution in [1.82, 2.24) is 4.90 Å². The third-order valence-corrected chi connectivity index (χ3v) is 3.93. The summed E-state index contributed by atoms with van der Waals surface area (Å²) in [7, 11) is 1.98. The van der Waals surface area contributed by atoms with Gasteiger partial charge in [0.05, 0.1) is 11.2 Å². The Kier molecular flexibility index (Phi) is 2.93. The van der Waals surface area contributed by atoms with E-state index in [2.05, 4.69) is 45.7 Å². The van der Waals surface area contributed by atoms with E-state index in [-0.39, 0.29) is 18.3 Å². The quantitative estimate of drug-likeness (QED) is 0.633. The van der Waals surface area contributed by atoms with Crippen LogP contribution in [0.5, 0.6) is 0 Å². The van der Waals surface area contributed by atoms with Crippen molar-refractivity contribution in [3.63, 3.8) is 0 Å². The number of rotatable bonds is 1. The van der Waals surface area contributed by atoms with Gasteiger partial charge >= 0.3 is 7.12 Å². The fourth-order valence-electron chi connectivity index (χ4n) is 2.09. The minimum absolute atomic E-state index is 0.159. The Bertz CT molecular complexity index is 296. The van der Waals surface area contributed by atoms with Crippen molar-refractivity contribution in [2.45, 2.75) is 45.3 Å². The summed E-state index contributed by atoms with van der Waals surface area (Å²) in [4.78, 5) is 2.31. The molecule has 16 heavy (non-hydrogen) atoms. The molecule has 2 heterocycles. The topological polar surface area (TPSA) is 21.7 Å². The molecule has 0 aromatic rings. The largest absolute Gasteiger partial charge is 0.491 e. The van der Waals surface area contributed by atoms with Crippen LogP contribution in [-0.2, 0) is 9.31 Å². The van der Waals surface area contributed by atoms with Crippen molar-refractivity contribution in [2.24, 2.45) is 0 Å². The van der Waals surface area contributed by atoms with Crippen LogP contribution in [0.4, 0.5) is 0 Å². The Hall–Kier alpha value is -0.315. The molecule has 1 fully saturated rings. The number of hydrogen-bond acceptors (Lipinski definition) is 3. The fourth-order valence-corrected chi connectivity index (χ4v) is 2.09. The maximum Gasteiger partial charge on any atom is 0.491 e. The first-order valence-corrected chi connectivity index (χ1v) is 6.05. The van der Waals surface area contributed by atoms with Crippen molar-refractivity contribution in [1.29, 1.82) is 0 Å². The van der Waals surface area contributed by atoms with Crippen LogP contribution in [0.15, 0.2) is 11.5 Å². The molecular formula is C12H22BNO2. The Morgan fingerprint density at radius 2 is 1.75 bits per heavy atom. The zero-order chi connectivity index (χ0) is 12.0. The van der Waals surface area contributed by atoms with E-state index in [0.29, 0.717) is 0 Å². The first-order chi connectivity index (χ1) is 7.32. The lowest BCUT2D eigenvalue weighted by atomic mass is 9.76. The van der Waals surface area contributed by atoms with Gasteiger partial charge in [-0.3, -0.25) is 0 Å². The SMILES string of the molecule is CN1CCC=C(B2OC(C)(C)C(C)(C)O2)C1. The summed E-state index contributed by atoms with van der Waals surface area (Å²) in [6.07, 6.45) is 3.36. The lowest BCUT2D eigenvalue weighted by molar-refractivity contribution is 0.00578. The summed E-state index contributed by atoms with van der Waals surface area (Å²) >= 11 is 0. The monoisotopic (exact) mass is 223 g/mol. The molecule has 0 radical (unpaired) electrons. The minimum atomic E-state index is -0.228. The Labute approximate surface area is 98.9 Å². The molecule has 3 nitrogen and oxygen atoms in total. The first kappa shape index (κ1) is 12.2. The zero-order valence-electron chi connectivity index (χ0n) is 11.0. The van der Waals surface area contributed by atoms with Gasteiger partial charge in [0.25, 0.3) is 0 Å². The average Bonchev–Trinajstić information content (AvgIpc) is 2.36. The van der Waals surface area contributed by atoms with Crippen LogP contribution < -0.4 is 0 Å². The summed E-state index contributed by atoms with van der Waals surface area (Å²) in [5.41, 5.74) is 0.815. The maximum absolute atomic E-state index is 6.03. The van der Waals surface area contributed by atoms with Crippen molar-refractivity contribution in [2.75, 3.05) is 20.1 Å². The van der Waals surface area contributed by atoms with E-state index >= 15 is 0 Å². The predicted molar refractivity (Wildman–Crippen MR) is 66.3 cm³/mol. The van der Waals surface area contributed by atoms with Crippen molar-refractivity contribution < 1.29 is 9.31 Å². The van der Waals surface area contributed by atoms with E-state index in [9.17, 15) is 0 Å². The van der Waals surface area contributed by atoms with Crippen LogP contribution >= 0.6 is 0 Å². The fraction of sp³-hybridized carbons (Fsp3) is 0.833. The zero-order valence-corrected chi connectivity index (χ0v) is 11.0. The second kappa shape index (κ2) is 3.86. The average molecular weight is 223 g/mol. The van der Waals surface area contributed by atoms with Gasteiger partial charge in [0.1, 0.15) is 0 Å². The highest BCUT2D eigenvalue weighted by Gasteiger charge is 2.52. The van der Waals surface area contributed by atoms with Crippen molar-refractivity contribution >= 4 is 7.12 Å². The molecule has 2 aliphatic rings. The summed E-state index contributed by atoms with van der Waals surface area (Å²) in [6.45, 7) is 10.5. The molecule has 0 aromatic heterocycles. The Morgan fingerprint density at radius 1 is 1.19 bits per heavy atom. The molecule has 0 amide bonds. The van der Waals surface area contributed by atoms with Gasteiger partial charge in [-0.15, -0.1) is 0 Å². The molecule has 0 aromatic carbocycles. The lowest BCUT2D eigenvalue weighted by Crippen LogP contribution is -2.41. The molecule has 0 unspecified atom stereocenters. The summed E-state index contributed by atoms with van der Waals surface area (Å²) in [5, 5.41) is 0. The van der Waals surface area contributed by atoms with Crippen molar-refractivity contribution in [3.8, 4) is 0 Å². The van der Waals surface area contributed by atoms with E-state index in [1.807, 2.05) is 0 Å². The first-order valence-electron chi connectivity index (χ1n) is 6.05. The van der Waals surface area contributed by atoms with Gasteiger partial charge in [-0.1, -0.05) is 6.08 Å². The van der Waals surface area contributed by atoms with Crippen LogP contribution in [-0.4, -0.2) is 43.4 Å². The molecule has 0 spiro atoms. The van der Waals surface area contributed by atoms with Crippen LogP contribution in [0.25, 0.3) is 0 Å². The lowest BCUT2D eigenvalue weighted by Gasteiger charge is -2.32. The van der Waals surface area contributed by atoms with Crippen LogP contribution in [0.2, 0.25) is 0 Å². The molecule has 0 aliphatic carbocycles. The number of likely N-dealkylation sites (N-methyl/N-ethyl adjacent to an activating group) is 1. The third-order valence-electron chi connectivity index (χ3n) is 3.93. The minimum Gasteiger partial charge on any atom is -0.400 e. The molecule has 2 rings (SSSR count). The highest BCUT2D eigenvalue weighted by atomic mass is 16.7. The standard InChI is InChI=1S/C12H22BNO2/c1-11(2)12(3,4)16-13(15-11)10-7-6-8-14(5)9-10/h7H,6,8-9H2,1-5H3. The second-order valence-corrected chi connectivity index (χ2v) is 5.89.